The first-order valence-corrected chi connectivity index (χ1v) is 10.2. The van der Waals surface area contributed by atoms with Crippen LogP contribution in [0.2, 0.25) is 0 Å². The summed E-state index contributed by atoms with van der Waals surface area (Å²) in [5.41, 5.74) is 3.85. The SMILES string of the molecule is CNc1ncc2c(-c3ccccc3)c(-c3ccc(C4(NC(=O)O)CCC4)cc3)oc2n1. The Hall–Kier alpha value is -3.87. The van der Waals surface area contributed by atoms with Crippen molar-refractivity contribution in [1.29, 1.82) is 0 Å². The summed E-state index contributed by atoms with van der Waals surface area (Å²) < 4.78 is 6.21. The molecule has 2 aromatic heterocycles. The topological polar surface area (TPSA) is 100 Å². The highest BCUT2D eigenvalue weighted by Gasteiger charge is 2.40. The van der Waals surface area contributed by atoms with Gasteiger partial charge in [0.2, 0.25) is 11.7 Å². The Labute approximate surface area is 179 Å². The van der Waals surface area contributed by atoms with Crippen LogP contribution in [0, 0.1) is 0 Å². The molecule has 156 valence electrons. The van der Waals surface area contributed by atoms with Gasteiger partial charge in [0.15, 0.2) is 0 Å². The highest BCUT2D eigenvalue weighted by atomic mass is 16.4. The molecule has 7 heteroatoms. The van der Waals surface area contributed by atoms with Crippen molar-refractivity contribution in [1.82, 2.24) is 15.3 Å². The van der Waals surface area contributed by atoms with Gasteiger partial charge in [-0.25, -0.2) is 9.78 Å². The number of aromatic nitrogens is 2. The van der Waals surface area contributed by atoms with Crippen LogP contribution >= 0.6 is 0 Å². The van der Waals surface area contributed by atoms with E-state index in [1.54, 1.807) is 13.2 Å². The highest BCUT2D eigenvalue weighted by Crippen LogP contribution is 2.43. The third-order valence-corrected chi connectivity index (χ3v) is 5.99. The number of hydrogen-bond acceptors (Lipinski definition) is 5. The first kappa shape index (κ1) is 19.1. The van der Waals surface area contributed by atoms with Crippen LogP contribution in [-0.2, 0) is 5.54 Å². The number of nitrogens with one attached hydrogen (secondary N) is 2. The van der Waals surface area contributed by atoms with Gasteiger partial charge in [-0.1, -0.05) is 54.6 Å². The molecule has 2 aromatic carbocycles. The van der Waals surface area contributed by atoms with E-state index >= 15 is 0 Å². The van der Waals surface area contributed by atoms with Crippen LogP contribution < -0.4 is 10.6 Å². The molecule has 7 nitrogen and oxygen atoms in total. The van der Waals surface area contributed by atoms with Crippen LogP contribution in [0.15, 0.2) is 65.2 Å². The van der Waals surface area contributed by atoms with Crippen molar-refractivity contribution in [2.24, 2.45) is 0 Å². The molecule has 3 N–H and O–H groups in total. The maximum absolute atomic E-state index is 11.3. The van der Waals surface area contributed by atoms with Crippen molar-refractivity contribution >= 4 is 23.1 Å². The molecule has 0 spiro atoms. The molecule has 0 radical (unpaired) electrons. The van der Waals surface area contributed by atoms with Gasteiger partial charge in [0, 0.05) is 24.4 Å². The van der Waals surface area contributed by atoms with Crippen molar-refractivity contribution in [2.45, 2.75) is 24.8 Å². The number of fused-ring (bicyclic) bond motifs is 1. The third kappa shape index (κ3) is 3.28. The molecule has 0 bridgehead atoms. The number of carbonyl (C=O) groups is 1. The number of hydrogen-bond donors (Lipinski definition) is 3. The Balaban J connectivity index is 1.62. The van der Waals surface area contributed by atoms with E-state index in [2.05, 4.69) is 20.6 Å². The van der Waals surface area contributed by atoms with Gasteiger partial charge in [0.25, 0.3) is 0 Å². The van der Waals surface area contributed by atoms with Crippen molar-refractivity contribution in [2.75, 3.05) is 12.4 Å². The third-order valence-electron chi connectivity index (χ3n) is 5.99. The van der Waals surface area contributed by atoms with Gasteiger partial charge in [-0.15, -0.1) is 0 Å². The van der Waals surface area contributed by atoms with Gasteiger partial charge < -0.3 is 20.2 Å². The van der Waals surface area contributed by atoms with E-state index < -0.39 is 11.6 Å². The normalized spacial score (nSPS) is 14.7. The van der Waals surface area contributed by atoms with Gasteiger partial charge in [-0.05, 0) is 30.4 Å². The minimum atomic E-state index is -0.994. The number of anilines is 1. The Kier molecular flexibility index (Phi) is 4.58. The van der Waals surface area contributed by atoms with E-state index in [9.17, 15) is 9.90 Å². The van der Waals surface area contributed by atoms with Crippen LogP contribution in [0.3, 0.4) is 0 Å². The predicted molar refractivity (Wildman–Crippen MR) is 119 cm³/mol. The number of amides is 1. The molecule has 5 rings (SSSR count). The van der Waals surface area contributed by atoms with Crippen LogP contribution in [-0.4, -0.2) is 28.2 Å². The fourth-order valence-electron chi connectivity index (χ4n) is 4.26. The molecule has 1 amide bonds. The average Bonchev–Trinajstić information content (AvgIpc) is 3.15. The van der Waals surface area contributed by atoms with Gasteiger partial charge in [0.05, 0.1) is 10.9 Å². The van der Waals surface area contributed by atoms with E-state index in [1.165, 1.54) is 0 Å². The molecule has 2 heterocycles. The van der Waals surface area contributed by atoms with Crippen LogP contribution in [0.25, 0.3) is 33.6 Å². The Morgan fingerprint density at radius 2 is 1.81 bits per heavy atom. The Morgan fingerprint density at radius 1 is 1.06 bits per heavy atom. The maximum atomic E-state index is 11.3. The summed E-state index contributed by atoms with van der Waals surface area (Å²) >= 11 is 0. The molecule has 4 aromatic rings. The van der Waals surface area contributed by atoms with Crippen molar-refractivity contribution in [3.8, 4) is 22.5 Å². The lowest BCUT2D eigenvalue weighted by Crippen LogP contribution is -2.50. The largest absolute Gasteiger partial charge is 0.465 e. The smallest absolute Gasteiger partial charge is 0.405 e. The van der Waals surface area contributed by atoms with E-state index in [0.29, 0.717) is 17.4 Å². The first-order valence-electron chi connectivity index (χ1n) is 10.2. The summed E-state index contributed by atoms with van der Waals surface area (Å²) in [5, 5.41) is 15.7. The summed E-state index contributed by atoms with van der Waals surface area (Å²) in [6, 6.07) is 18.0. The average molecular weight is 414 g/mol. The monoisotopic (exact) mass is 414 g/mol. The highest BCUT2D eigenvalue weighted by molar-refractivity contribution is 6.00. The summed E-state index contributed by atoms with van der Waals surface area (Å²) in [7, 11) is 1.77. The number of nitrogens with zero attached hydrogens (tertiary/aromatic N) is 2. The molecule has 1 aliphatic rings. The van der Waals surface area contributed by atoms with E-state index in [-0.39, 0.29) is 0 Å². The molecule has 0 unspecified atom stereocenters. The zero-order valence-corrected chi connectivity index (χ0v) is 17.1. The van der Waals surface area contributed by atoms with Crippen molar-refractivity contribution in [3.05, 3.63) is 66.4 Å². The fourth-order valence-corrected chi connectivity index (χ4v) is 4.26. The lowest BCUT2D eigenvalue weighted by Gasteiger charge is -2.42. The molecule has 0 aliphatic heterocycles. The summed E-state index contributed by atoms with van der Waals surface area (Å²) in [6.45, 7) is 0. The number of rotatable bonds is 5. The maximum Gasteiger partial charge on any atom is 0.405 e. The molecule has 31 heavy (non-hydrogen) atoms. The molecule has 1 fully saturated rings. The zero-order valence-electron chi connectivity index (χ0n) is 17.1. The number of furan rings is 1. The summed E-state index contributed by atoms with van der Waals surface area (Å²) in [5.74, 6) is 1.21. The van der Waals surface area contributed by atoms with Gasteiger partial charge in [0.1, 0.15) is 5.76 Å². The van der Waals surface area contributed by atoms with Gasteiger partial charge >= 0.3 is 6.09 Å². The first-order chi connectivity index (χ1) is 15.1. The van der Waals surface area contributed by atoms with Crippen molar-refractivity contribution in [3.63, 3.8) is 0 Å². The second-order valence-corrected chi connectivity index (χ2v) is 7.78. The second-order valence-electron chi connectivity index (χ2n) is 7.78. The lowest BCUT2D eigenvalue weighted by molar-refractivity contribution is 0.144. The zero-order chi connectivity index (χ0) is 21.4. The van der Waals surface area contributed by atoms with Gasteiger partial charge in [-0.3, -0.25) is 0 Å². The van der Waals surface area contributed by atoms with Crippen molar-refractivity contribution < 1.29 is 14.3 Å². The standard InChI is InChI=1S/C24H22N4O3/c1-25-22-26-14-18-19(15-6-3-2-4-7-15)20(31-21(18)27-22)16-8-10-17(11-9-16)24(12-5-13-24)28-23(29)30/h2-4,6-11,14,28H,5,12-13H2,1H3,(H,29,30)(H,25,26,27). The molecule has 0 atom stereocenters. The molecule has 1 aliphatic carbocycles. The van der Waals surface area contributed by atoms with E-state index in [4.69, 9.17) is 4.42 Å². The molecular formula is C24H22N4O3. The molecule has 0 saturated heterocycles. The van der Waals surface area contributed by atoms with Crippen LogP contribution in [0.1, 0.15) is 24.8 Å². The minimum Gasteiger partial charge on any atom is -0.465 e. The predicted octanol–water partition coefficient (Wildman–Crippen LogP) is 5.25. The van der Waals surface area contributed by atoms with Crippen LogP contribution in [0.4, 0.5) is 10.7 Å². The lowest BCUT2D eigenvalue weighted by atomic mass is 9.72. The van der Waals surface area contributed by atoms with Gasteiger partial charge in [-0.2, -0.15) is 4.98 Å². The number of carboxylic acid groups (broad SMARTS) is 1. The molecular weight excluding hydrogens is 392 g/mol. The number of benzene rings is 2. The minimum absolute atomic E-state index is 0.492. The molecule has 1 saturated carbocycles. The Bertz CT molecular complexity index is 1250. The van der Waals surface area contributed by atoms with Crippen LogP contribution in [0.5, 0.6) is 0 Å². The Morgan fingerprint density at radius 3 is 2.42 bits per heavy atom. The quantitative estimate of drug-likeness (QED) is 0.413. The fraction of sp³-hybridized carbons (Fsp3) is 0.208. The second kappa shape index (κ2) is 7.43. The summed E-state index contributed by atoms with van der Waals surface area (Å²) in [6.07, 6.45) is 3.40. The van der Waals surface area contributed by atoms with E-state index in [1.807, 2.05) is 54.6 Å². The van der Waals surface area contributed by atoms with E-state index in [0.717, 1.165) is 46.9 Å². The summed E-state index contributed by atoms with van der Waals surface area (Å²) in [4.78, 5) is 20.1.